The molecule has 0 aliphatic carbocycles. The highest BCUT2D eigenvalue weighted by atomic mass is 16.6. The molecule has 0 aliphatic rings. The number of rotatable bonds is 2. The van der Waals surface area contributed by atoms with Crippen LogP contribution in [0.2, 0.25) is 0 Å². The Morgan fingerprint density at radius 2 is 2.33 bits per heavy atom. The molecule has 2 heterocycles. The lowest BCUT2D eigenvalue weighted by Gasteiger charge is -2.00. The summed E-state index contributed by atoms with van der Waals surface area (Å²) in [7, 11) is 0. The summed E-state index contributed by atoms with van der Waals surface area (Å²) in [5.74, 6) is -0.529. The molecular weight excluding hydrogens is 198 g/mol. The normalized spacial score (nSPS) is 9.87. The standard InChI is InChI=1S/C8H7N5O2/c9-7-6(12-15-13-7)8(14)11-5-2-1-3-10-4-5/h1-4H,(H2,9,13)(H,11,14). The van der Waals surface area contributed by atoms with E-state index in [1.807, 2.05) is 0 Å². The number of carbonyl (C=O) groups is 1. The van der Waals surface area contributed by atoms with Crippen LogP contribution in [0.4, 0.5) is 11.5 Å². The summed E-state index contributed by atoms with van der Waals surface area (Å²) >= 11 is 0. The van der Waals surface area contributed by atoms with E-state index in [2.05, 4.69) is 25.2 Å². The van der Waals surface area contributed by atoms with E-state index in [4.69, 9.17) is 5.73 Å². The zero-order chi connectivity index (χ0) is 10.7. The molecular formula is C8H7N5O2. The maximum atomic E-state index is 11.5. The second-order valence-corrected chi connectivity index (χ2v) is 2.69. The molecule has 2 aromatic rings. The van der Waals surface area contributed by atoms with Crippen molar-refractivity contribution in [3.05, 3.63) is 30.2 Å². The Morgan fingerprint density at radius 3 is 2.93 bits per heavy atom. The first-order chi connectivity index (χ1) is 7.27. The molecule has 0 aliphatic heterocycles. The van der Waals surface area contributed by atoms with Crippen molar-refractivity contribution in [3.8, 4) is 0 Å². The Bertz CT molecular complexity index is 467. The predicted molar refractivity (Wildman–Crippen MR) is 50.9 cm³/mol. The van der Waals surface area contributed by atoms with Crippen molar-refractivity contribution < 1.29 is 9.42 Å². The maximum absolute atomic E-state index is 11.5. The van der Waals surface area contributed by atoms with Crippen LogP contribution in [0, 0.1) is 0 Å². The van der Waals surface area contributed by atoms with Crippen LogP contribution in [0.25, 0.3) is 0 Å². The number of hydrogen-bond donors (Lipinski definition) is 2. The molecule has 0 bridgehead atoms. The average molecular weight is 205 g/mol. The number of nitrogens with two attached hydrogens (primary N) is 1. The zero-order valence-corrected chi connectivity index (χ0v) is 7.54. The summed E-state index contributed by atoms with van der Waals surface area (Å²) < 4.78 is 4.30. The summed E-state index contributed by atoms with van der Waals surface area (Å²) in [6.45, 7) is 0. The number of aromatic nitrogens is 3. The van der Waals surface area contributed by atoms with Crippen LogP contribution < -0.4 is 11.1 Å². The van der Waals surface area contributed by atoms with Crippen LogP contribution in [0.3, 0.4) is 0 Å². The zero-order valence-electron chi connectivity index (χ0n) is 7.54. The second-order valence-electron chi connectivity index (χ2n) is 2.69. The second kappa shape index (κ2) is 3.74. The fourth-order valence-corrected chi connectivity index (χ4v) is 0.980. The Hall–Kier alpha value is -2.44. The lowest BCUT2D eigenvalue weighted by Crippen LogP contribution is -2.14. The molecule has 3 N–H and O–H groups in total. The summed E-state index contributed by atoms with van der Waals surface area (Å²) in [6, 6.07) is 3.38. The predicted octanol–water partition coefficient (Wildman–Crippen LogP) is 0.299. The van der Waals surface area contributed by atoms with Gasteiger partial charge in [-0.3, -0.25) is 9.78 Å². The third-order valence-electron chi connectivity index (χ3n) is 1.65. The molecule has 76 valence electrons. The van der Waals surface area contributed by atoms with Crippen LogP contribution in [-0.4, -0.2) is 21.2 Å². The highest BCUT2D eigenvalue weighted by Gasteiger charge is 2.15. The molecule has 2 rings (SSSR count). The largest absolute Gasteiger partial charge is 0.379 e. The number of nitrogens with zero attached hydrogens (tertiary/aromatic N) is 3. The number of nitrogen functional groups attached to an aromatic ring is 1. The average Bonchev–Trinajstić information content (AvgIpc) is 2.66. The van der Waals surface area contributed by atoms with E-state index in [9.17, 15) is 4.79 Å². The highest BCUT2D eigenvalue weighted by Crippen LogP contribution is 2.09. The van der Waals surface area contributed by atoms with Gasteiger partial charge in [-0.15, -0.1) is 0 Å². The Balaban J connectivity index is 2.15. The van der Waals surface area contributed by atoms with E-state index < -0.39 is 5.91 Å². The lowest BCUT2D eigenvalue weighted by molar-refractivity contribution is 0.101. The quantitative estimate of drug-likeness (QED) is 0.730. The molecule has 0 saturated carbocycles. The number of carbonyl (C=O) groups excluding carboxylic acids is 1. The SMILES string of the molecule is Nc1nonc1C(=O)Nc1cccnc1. The van der Waals surface area contributed by atoms with Gasteiger partial charge in [-0.2, -0.15) is 0 Å². The van der Waals surface area contributed by atoms with Crippen molar-refractivity contribution in [2.45, 2.75) is 0 Å². The van der Waals surface area contributed by atoms with Crippen molar-refractivity contribution in [1.29, 1.82) is 0 Å². The van der Waals surface area contributed by atoms with Gasteiger partial charge in [0.05, 0.1) is 11.9 Å². The fraction of sp³-hybridized carbons (Fsp3) is 0. The van der Waals surface area contributed by atoms with Gasteiger partial charge in [0.25, 0.3) is 5.91 Å². The Morgan fingerprint density at radius 1 is 1.47 bits per heavy atom. The summed E-state index contributed by atoms with van der Waals surface area (Å²) in [6.07, 6.45) is 3.10. The van der Waals surface area contributed by atoms with E-state index in [1.165, 1.54) is 6.20 Å². The van der Waals surface area contributed by atoms with Gasteiger partial charge < -0.3 is 11.1 Å². The summed E-state index contributed by atoms with van der Waals surface area (Å²) in [5, 5.41) is 9.20. The van der Waals surface area contributed by atoms with Gasteiger partial charge in [0.1, 0.15) is 0 Å². The minimum Gasteiger partial charge on any atom is -0.379 e. The lowest BCUT2D eigenvalue weighted by atomic mass is 10.3. The Kier molecular flexibility index (Phi) is 2.28. The molecule has 0 radical (unpaired) electrons. The number of nitrogens with one attached hydrogen (secondary N) is 1. The van der Waals surface area contributed by atoms with Gasteiger partial charge in [-0.25, -0.2) is 4.63 Å². The molecule has 7 heteroatoms. The molecule has 0 aromatic carbocycles. The topological polar surface area (TPSA) is 107 Å². The van der Waals surface area contributed by atoms with Crippen LogP contribution >= 0.6 is 0 Å². The summed E-state index contributed by atoms with van der Waals surface area (Å²) in [4.78, 5) is 15.4. The monoisotopic (exact) mass is 205 g/mol. The number of amides is 1. The highest BCUT2D eigenvalue weighted by molar-refractivity contribution is 6.05. The third-order valence-corrected chi connectivity index (χ3v) is 1.65. The number of pyridine rings is 1. The first kappa shape index (κ1) is 9.13. The molecule has 0 atom stereocenters. The molecule has 2 aromatic heterocycles. The van der Waals surface area contributed by atoms with Gasteiger partial charge in [0, 0.05) is 6.20 Å². The van der Waals surface area contributed by atoms with Crippen LogP contribution in [0.1, 0.15) is 10.5 Å². The van der Waals surface area contributed by atoms with Gasteiger partial charge in [0.15, 0.2) is 0 Å². The van der Waals surface area contributed by atoms with Crippen molar-refractivity contribution in [2.24, 2.45) is 0 Å². The fourth-order valence-electron chi connectivity index (χ4n) is 0.980. The van der Waals surface area contributed by atoms with Gasteiger partial charge in [-0.05, 0) is 22.4 Å². The maximum Gasteiger partial charge on any atom is 0.281 e. The first-order valence-corrected chi connectivity index (χ1v) is 4.07. The van der Waals surface area contributed by atoms with Crippen molar-refractivity contribution in [1.82, 2.24) is 15.3 Å². The smallest absolute Gasteiger partial charge is 0.281 e. The van der Waals surface area contributed by atoms with Crippen molar-refractivity contribution in [2.75, 3.05) is 11.1 Å². The van der Waals surface area contributed by atoms with Crippen molar-refractivity contribution >= 4 is 17.4 Å². The van der Waals surface area contributed by atoms with Crippen LogP contribution in [0.5, 0.6) is 0 Å². The van der Waals surface area contributed by atoms with E-state index in [0.717, 1.165) is 0 Å². The van der Waals surface area contributed by atoms with Crippen LogP contribution in [0.15, 0.2) is 29.2 Å². The molecule has 15 heavy (non-hydrogen) atoms. The van der Waals surface area contributed by atoms with Crippen molar-refractivity contribution in [3.63, 3.8) is 0 Å². The van der Waals surface area contributed by atoms with Crippen LogP contribution in [-0.2, 0) is 0 Å². The first-order valence-electron chi connectivity index (χ1n) is 4.07. The minimum absolute atomic E-state index is 0.0427. The molecule has 0 spiro atoms. The molecule has 0 saturated heterocycles. The molecule has 7 nitrogen and oxygen atoms in total. The van der Waals surface area contributed by atoms with Gasteiger partial charge in [0.2, 0.25) is 11.5 Å². The number of anilines is 2. The van der Waals surface area contributed by atoms with Gasteiger partial charge >= 0.3 is 0 Å². The van der Waals surface area contributed by atoms with E-state index in [0.29, 0.717) is 5.69 Å². The van der Waals surface area contributed by atoms with E-state index in [1.54, 1.807) is 18.3 Å². The van der Waals surface area contributed by atoms with Gasteiger partial charge in [-0.1, -0.05) is 0 Å². The minimum atomic E-state index is -0.484. The van der Waals surface area contributed by atoms with E-state index >= 15 is 0 Å². The Labute approximate surface area is 84.3 Å². The summed E-state index contributed by atoms with van der Waals surface area (Å²) in [5.41, 5.74) is 5.85. The van der Waals surface area contributed by atoms with E-state index in [-0.39, 0.29) is 11.5 Å². The number of hydrogen-bond acceptors (Lipinski definition) is 6. The molecule has 0 unspecified atom stereocenters. The molecule has 0 fully saturated rings. The molecule has 1 amide bonds. The third kappa shape index (κ3) is 1.90.